The standard InChI is InChI=1S/C23H20ClN3O3S/c1-3-30-18-10-4-15(5-11-18)20-14(2)31-22-21(20)23(29)27(13-25-22)12-19(28)26-17-8-6-16(24)7-9-17/h4-11,13H,3,12H2,1-2H3,(H,26,28). The molecule has 1 N–H and O–H groups in total. The average molecular weight is 454 g/mol. The normalized spacial score (nSPS) is 10.9. The number of hydrogen-bond acceptors (Lipinski definition) is 5. The summed E-state index contributed by atoms with van der Waals surface area (Å²) in [4.78, 5) is 31.8. The van der Waals surface area contributed by atoms with E-state index in [1.807, 2.05) is 38.1 Å². The SMILES string of the molecule is CCOc1ccc(-c2c(C)sc3ncn(CC(=O)Nc4ccc(Cl)cc4)c(=O)c23)cc1. The van der Waals surface area contributed by atoms with Gasteiger partial charge in [-0.1, -0.05) is 23.7 Å². The number of hydrogen-bond donors (Lipinski definition) is 1. The Bertz CT molecular complexity index is 1290. The van der Waals surface area contributed by atoms with Crippen LogP contribution in [0.1, 0.15) is 11.8 Å². The van der Waals surface area contributed by atoms with Crippen molar-refractivity contribution in [3.8, 4) is 16.9 Å². The van der Waals surface area contributed by atoms with Gasteiger partial charge in [-0.15, -0.1) is 11.3 Å². The molecule has 0 radical (unpaired) electrons. The number of thiophene rings is 1. The smallest absolute Gasteiger partial charge is 0.263 e. The summed E-state index contributed by atoms with van der Waals surface area (Å²) >= 11 is 7.34. The van der Waals surface area contributed by atoms with Gasteiger partial charge >= 0.3 is 0 Å². The average Bonchev–Trinajstić information content (AvgIpc) is 3.09. The first-order valence-corrected chi connectivity index (χ1v) is 10.9. The summed E-state index contributed by atoms with van der Waals surface area (Å²) < 4.78 is 6.84. The van der Waals surface area contributed by atoms with E-state index in [2.05, 4.69) is 10.3 Å². The number of halogens is 1. The van der Waals surface area contributed by atoms with E-state index in [0.717, 1.165) is 21.8 Å². The molecule has 1 amide bonds. The van der Waals surface area contributed by atoms with Crippen LogP contribution in [0.25, 0.3) is 21.3 Å². The highest BCUT2D eigenvalue weighted by molar-refractivity contribution is 7.19. The summed E-state index contributed by atoms with van der Waals surface area (Å²) in [5.74, 6) is 0.456. The largest absolute Gasteiger partial charge is 0.494 e. The van der Waals surface area contributed by atoms with Gasteiger partial charge in [-0.3, -0.25) is 14.2 Å². The van der Waals surface area contributed by atoms with Gasteiger partial charge in [0.15, 0.2) is 0 Å². The summed E-state index contributed by atoms with van der Waals surface area (Å²) in [5, 5.41) is 3.87. The molecule has 0 aliphatic carbocycles. The van der Waals surface area contributed by atoms with Crippen LogP contribution in [0, 0.1) is 6.92 Å². The van der Waals surface area contributed by atoms with Crippen LogP contribution in [0.2, 0.25) is 5.02 Å². The van der Waals surface area contributed by atoms with Gasteiger partial charge in [-0.25, -0.2) is 4.98 Å². The minimum Gasteiger partial charge on any atom is -0.494 e. The molecule has 2 heterocycles. The number of fused-ring (bicyclic) bond motifs is 1. The lowest BCUT2D eigenvalue weighted by molar-refractivity contribution is -0.116. The summed E-state index contributed by atoms with van der Waals surface area (Å²) in [6, 6.07) is 14.4. The van der Waals surface area contributed by atoms with E-state index in [0.29, 0.717) is 27.5 Å². The maximum Gasteiger partial charge on any atom is 0.263 e. The van der Waals surface area contributed by atoms with Crippen molar-refractivity contribution < 1.29 is 9.53 Å². The van der Waals surface area contributed by atoms with Gasteiger partial charge in [0, 0.05) is 21.2 Å². The molecule has 0 aliphatic rings. The number of aryl methyl sites for hydroxylation is 1. The molecule has 0 saturated carbocycles. The van der Waals surface area contributed by atoms with Crippen molar-refractivity contribution in [2.45, 2.75) is 20.4 Å². The Morgan fingerprint density at radius 1 is 1.16 bits per heavy atom. The third-order valence-corrected chi connectivity index (χ3v) is 6.02. The van der Waals surface area contributed by atoms with Gasteiger partial charge in [0.2, 0.25) is 5.91 Å². The molecular weight excluding hydrogens is 434 g/mol. The fraction of sp³-hybridized carbons (Fsp3) is 0.174. The van der Waals surface area contributed by atoms with Gasteiger partial charge < -0.3 is 10.1 Å². The van der Waals surface area contributed by atoms with Crippen LogP contribution in [0.15, 0.2) is 59.7 Å². The lowest BCUT2D eigenvalue weighted by Crippen LogP contribution is -2.27. The van der Waals surface area contributed by atoms with E-state index < -0.39 is 0 Å². The molecule has 2 aromatic carbocycles. The summed E-state index contributed by atoms with van der Waals surface area (Å²) in [7, 11) is 0. The highest BCUT2D eigenvalue weighted by Gasteiger charge is 2.18. The molecular formula is C23H20ClN3O3S. The molecule has 0 fully saturated rings. The molecule has 2 aromatic heterocycles. The number of carbonyl (C=O) groups excluding carboxylic acids is 1. The fourth-order valence-electron chi connectivity index (χ4n) is 3.37. The molecule has 0 saturated heterocycles. The van der Waals surface area contributed by atoms with Crippen LogP contribution in [0.4, 0.5) is 5.69 Å². The van der Waals surface area contributed by atoms with E-state index in [1.54, 1.807) is 24.3 Å². The van der Waals surface area contributed by atoms with Crippen molar-refractivity contribution >= 4 is 44.7 Å². The van der Waals surface area contributed by atoms with Gasteiger partial charge in [-0.05, 0) is 55.8 Å². The van der Waals surface area contributed by atoms with E-state index in [4.69, 9.17) is 16.3 Å². The summed E-state index contributed by atoms with van der Waals surface area (Å²) in [6.45, 7) is 4.35. The van der Waals surface area contributed by atoms with Crippen molar-refractivity contribution in [3.63, 3.8) is 0 Å². The lowest BCUT2D eigenvalue weighted by atomic mass is 10.0. The Morgan fingerprint density at radius 2 is 1.87 bits per heavy atom. The fourth-order valence-corrected chi connectivity index (χ4v) is 4.50. The summed E-state index contributed by atoms with van der Waals surface area (Å²) in [6.07, 6.45) is 1.42. The number of aromatic nitrogens is 2. The van der Waals surface area contributed by atoms with Crippen molar-refractivity contribution in [1.29, 1.82) is 0 Å². The van der Waals surface area contributed by atoms with Crippen LogP contribution in [-0.4, -0.2) is 22.1 Å². The number of nitrogens with one attached hydrogen (secondary N) is 1. The van der Waals surface area contributed by atoms with Crippen molar-refractivity contribution in [2.75, 3.05) is 11.9 Å². The lowest BCUT2D eigenvalue weighted by Gasteiger charge is -2.08. The Hall–Kier alpha value is -3.16. The molecule has 31 heavy (non-hydrogen) atoms. The second-order valence-corrected chi connectivity index (χ2v) is 8.54. The third kappa shape index (κ3) is 4.47. The van der Waals surface area contributed by atoms with E-state index in [9.17, 15) is 9.59 Å². The van der Waals surface area contributed by atoms with Gasteiger partial charge in [-0.2, -0.15) is 0 Å². The summed E-state index contributed by atoms with van der Waals surface area (Å²) in [5.41, 5.74) is 2.12. The molecule has 0 spiro atoms. The highest BCUT2D eigenvalue weighted by Crippen LogP contribution is 2.36. The number of anilines is 1. The first-order chi connectivity index (χ1) is 15.0. The molecule has 158 valence electrons. The molecule has 4 rings (SSSR count). The Kier molecular flexibility index (Phi) is 6.06. The molecule has 4 aromatic rings. The van der Waals surface area contributed by atoms with Crippen LogP contribution in [0.5, 0.6) is 5.75 Å². The van der Waals surface area contributed by atoms with Crippen molar-refractivity contribution in [3.05, 3.63) is 75.1 Å². The Morgan fingerprint density at radius 3 is 2.55 bits per heavy atom. The Balaban J connectivity index is 1.66. The molecule has 0 bridgehead atoms. The third-order valence-electron chi connectivity index (χ3n) is 4.75. The first kappa shape index (κ1) is 21.1. The van der Waals surface area contributed by atoms with Crippen LogP contribution < -0.4 is 15.6 Å². The minimum atomic E-state index is -0.319. The molecule has 0 unspecified atom stereocenters. The number of rotatable bonds is 6. The number of carbonyl (C=O) groups is 1. The minimum absolute atomic E-state index is 0.137. The zero-order chi connectivity index (χ0) is 22.0. The molecule has 0 aliphatic heterocycles. The molecule has 8 heteroatoms. The second-order valence-electron chi connectivity index (χ2n) is 6.90. The monoisotopic (exact) mass is 453 g/mol. The zero-order valence-corrected chi connectivity index (χ0v) is 18.6. The van der Waals surface area contributed by atoms with Gasteiger partial charge in [0.05, 0.1) is 18.3 Å². The Labute approximate surface area is 188 Å². The maximum absolute atomic E-state index is 13.2. The predicted molar refractivity (Wildman–Crippen MR) is 125 cm³/mol. The van der Waals surface area contributed by atoms with Gasteiger partial charge in [0.25, 0.3) is 5.56 Å². The van der Waals surface area contributed by atoms with Gasteiger partial charge in [0.1, 0.15) is 17.1 Å². The topological polar surface area (TPSA) is 73.2 Å². The zero-order valence-electron chi connectivity index (χ0n) is 17.0. The number of nitrogens with zero attached hydrogens (tertiary/aromatic N) is 2. The van der Waals surface area contributed by atoms with Crippen LogP contribution >= 0.6 is 22.9 Å². The molecule has 6 nitrogen and oxygen atoms in total. The van der Waals surface area contributed by atoms with E-state index >= 15 is 0 Å². The molecule has 0 atom stereocenters. The van der Waals surface area contributed by atoms with E-state index in [1.165, 1.54) is 22.2 Å². The maximum atomic E-state index is 13.2. The number of ether oxygens (including phenoxy) is 1. The predicted octanol–water partition coefficient (Wildman–Crippen LogP) is 5.12. The second kappa shape index (κ2) is 8.91. The van der Waals surface area contributed by atoms with Crippen LogP contribution in [0.3, 0.4) is 0 Å². The number of benzene rings is 2. The van der Waals surface area contributed by atoms with Crippen LogP contribution in [-0.2, 0) is 11.3 Å². The number of amides is 1. The quantitative estimate of drug-likeness (QED) is 0.439. The first-order valence-electron chi connectivity index (χ1n) is 9.73. The van der Waals surface area contributed by atoms with Crippen molar-refractivity contribution in [2.24, 2.45) is 0 Å². The highest BCUT2D eigenvalue weighted by atomic mass is 35.5. The van der Waals surface area contributed by atoms with Crippen molar-refractivity contribution in [1.82, 2.24) is 9.55 Å². The van der Waals surface area contributed by atoms with E-state index in [-0.39, 0.29) is 18.0 Å².